The summed E-state index contributed by atoms with van der Waals surface area (Å²) in [5.41, 5.74) is 0.252. The third-order valence-corrected chi connectivity index (χ3v) is 8.13. The summed E-state index contributed by atoms with van der Waals surface area (Å²) in [5.74, 6) is -2.32. The first-order valence-electron chi connectivity index (χ1n) is 13.1. The number of carbonyl (C=O) groups is 1. The number of carbonyl (C=O) groups excluding carboxylic acids is 1. The Morgan fingerprint density at radius 1 is 1.19 bits per heavy atom. The van der Waals surface area contributed by atoms with Crippen LogP contribution in [0.15, 0.2) is 36.1 Å². The molecule has 4 heterocycles. The molecule has 1 N–H and O–H groups in total. The van der Waals surface area contributed by atoms with E-state index in [0.717, 1.165) is 53.8 Å². The Kier molecular flexibility index (Phi) is 10.2. The van der Waals surface area contributed by atoms with Gasteiger partial charge in [-0.15, -0.1) is 11.3 Å². The standard InChI is InChI=1S/C25H28F2N7O6PS.CH4/c1-3-39-17-6-4-16(5-7-17)34-12-19(23(32-34)22-18(26)8-9-21(27)31-22)29-24(35)20-13-42-25(30-20)15-10-28-33(11-15)14(2)40-41(36,37)38;/h8-14,16-17H,3-7H2,1-2H3,(H,29,35)(H2,36,37,38);1H4/p-2. The van der Waals surface area contributed by atoms with Crippen molar-refractivity contribution in [1.82, 2.24) is 29.5 Å². The van der Waals surface area contributed by atoms with Gasteiger partial charge in [-0.2, -0.15) is 14.6 Å². The predicted octanol–water partition coefficient (Wildman–Crippen LogP) is 4.32. The van der Waals surface area contributed by atoms with E-state index in [1.54, 1.807) is 10.9 Å². The van der Waals surface area contributed by atoms with Gasteiger partial charge in [-0.25, -0.2) is 19.0 Å². The van der Waals surface area contributed by atoms with Gasteiger partial charge in [0.15, 0.2) is 12.0 Å². The second-order valence-corrected chi connectivity index (χ2v) is 11.5. The van der Waals surface area contributed by atoms with Gasteiger partial charge in [-0.3, -0.25) is 9.48 Å². The van der Waals surface area contributed by atoms with Crippen LogP contribution < -0.4 is 15.1 Å². The monoisotopic (exact) mass is 637 g/mol. The highest BCUT2D eigenvalue weighted by Crippen LogP contribution is 2.35. The van der Waals surface area contributed by atoms with E-state index in [4.69, 9.17) is 4.74 Å². The quantitative estimate of drug-likeness (QED) is 0.195. The van der Waals surface area contributed by atoms with E-state index in [9.17, 15) is 27.9 Å². The number of phosphoric acid groups is 1. The minimum absolute atomic E-state index is 0. The smallest absolute Gasteiger partial charge is 0.275 e. The molecule has 1 unspecified atom stereocenters. The Labute approximate surface area is 250 Å². The van der Waals surface area contributed by atoms with Crippen LogP contribution in [0.1, 0.15) is 69.7 Å². The summed E-state index contributed by atoms with van der Waals surface area (Å²) in [7, 11) is -5.23. The first-order valence-corrected chi connectivity index (χ1v) is 15.4. The number of phosphoric ester groups is 1. The van der Waals surface area contributed by atoms with Crippen LogP contribution in [0.5, 0.6) is 0 Å². The first-order chi connectivity index (χ1) is 20.0. The molecule has 4 aromatic heterocycles. The summed E-state index contributed by atoms with van der Waals surface area (Å²) in [6.45, 7) is 3.90. The van der Waals surface area contributed by atoms with Crippen LogP contribution in [0.25, 0.3) is 22.0 Å². The van der Waals surface area contributed by atoms with Crippen LogP contribution in [-0.4, -0.2) is 48.1 Å². The molecule has 4 aromatic rings. The summed E-state index contributed by atoms with van der Waals surface area (Å²) in [5, 5.41) is 13.1. The number of amides is 1. The molecule has 1 aliphatic carbocycles. The molecule has 17 heteroatoms. The van der Waals surface area contributed by atoms with Crippen molar-refractivity contribution in [2.75, 3.05) is 11.9 Å². The van der Waals surface area contributed by atoms with Crippen molar-refractivity contribution in [3.8, 4) is 22.0 Å². The fourth-order valence-corrected chi connectivity index (χ4v) is 5.97. The van der Waals surface area contributed by atoms with Crippen molar-refractivity contribution >= 4 is 30.8 Å². The molecule has 0 bridgehead atoms. The molecule has 1 aliphatic rings. The van der Waals surface area contributed by atoms with Gasteiger partial charge in [0.1, 0.15) is 22.1 Å². The normalized spacial score (nSPS) is 17.8. The summed E-state index contributed by atoms with van der Waals surface area (Å²) in [4.78, 5) is 43.0. The van der Waals surface area contributed by atoms with E-state index in [2.05, 4.69) is 30.0 Å². The molecule has 0 aliphatic heterocycles. The molecule has 1 atom stereocenters. The largest absolute Gasteiger partial charge is 0.790 e. The SMILES string of the molecule is C.CCOC1CCC(n2cc(NC(=O)c3csc(-c4cnn(C(C)OP(=O)([O-])[O-])c4)n3)c(-c3nc(F)ccc3F)n2)CC1. The van der Waals surface area contributed by atoms with E-state index < -0.39 is 31.7 Å². The molecule has 0 saturated heterocycles. The number of nitrogens with zero attached hydrogens (tertiary/aromatic N) is 6. The van der Waals surface area contributed by atoms with Gasteiger partial charge < -0.3 is 28.9 Å². The molecule has 1 fully saturated rings. The van der Waals surface area contributed by atoms with Crippen molar-refractivity contribution in [2.45, 2.75) is 65.3 Å². The molecular weight excluding hydrogens is 607 g/mol. The van der Waals surface area contributed by atoms with Gasteiger partial charge in [-0.1, -0.05) is 7.43 Å². The maximum atomic E-state index is 14.7. The second-order valence-electron chi connectivity index (χ2n) is 9.57. The van der Waals surface area contributed by atoms with Gasteiger partial charge in [0.05, 0.1) is 31.9 Å². The third kappa shape index (κ3) is 7.77. The highest BCUT2D eigenvalue weighted by molar-refractivity contribution is 7.43. The third-order valence-electron chi connectivity index (χ3n) is 6.68. The highest BCUT2D eigenvalue weighted by atomic mass is 32.1. The molecule has 43 heavy (non-hydrogen) atoms. The summed E-state index contributed by atoms with van der Waals surface area (Å²) in [6.07, 6.45) is 6.50. The van der Waals surface area contributed by atoms with Gasteiger partial charge >= 0.3 is 0 Å². The van der Waals surface area contributed by atoms with Crippen LogP contribution in [-0.2, 0) is 13.8 Å². The minimum atomic E-state index is -5.23. The van der Waals surface area contributed by atoms with Crippen LogP contribution in [0.4, 0.5) is 14.5 Å². The second kappa shape index (κ2) is 13.5. The maximum Gasteiger partial charge on any atom is 0.275 e. The highest BCUT2D eigenvalue weighted by Gasteiger charge is 2.27. The number of hydrogen-bond acceptors (Lipinski definition) is 11. The predicted molar refractivity (Wildman–Crippen MR) is 150 cm³/mol. The van der Waals surface area contributed by atoms with E-state index in [-0.39, 0.29) is 42.3 Å². The van der Waals surface area contributed by atoms with Crippen molar-refractivity contribution < 1.29 is 37.2 Å². The van der Waals surface area contributed by atoms with Gasteiger partial charge in [-0.05, 0) is 51.7 Å². The van der Waals surface area contributed by atoms with Crippen molar-refractivity contribution in [3.63, 3.8) is 0 Å². The molecule has 0 aromatic carbocycles. The summed E-state index contributed by atoms with van der Waals surface area (Å²) in [6, 6.07) is 1.81. The Hall–Kier alpha value is -3.40. The summed E-state index contributed by atoms with van der Waals surface area (Å²) >= 11 is 1.12. The Balaban J connectivity index is 0.00000423. The number of rotatable bonds is 10. The molecule has 0 radical (unpaired) electrons. The lowest BCUT2D eigenvalue weighted by molar-refractivity contribution is -0.347. The number of hydrogen-bond donors (Lipinski definition) is 1. The molecule has 1 saturated carbocycles. The van der Waals surface area contributed by atoms with Crippen LogP contribution in [0, 0.1) is 11.8 Å². The van der Waals surface area contributed by atoms with Crippen LogP contribution >= 0.6 is 19.2 Å². The number of pyridine rings is 1. The first kappa shape index (κ1) is 32.5. The van der Waals surface area contributed by atoms with E-state index >= 15 is 0 Å². The zero-order valence-electron chi connectivity index (χ0n) is 22.5. The average molecular weight is 638 g/mol. The Morgan fingerprint density at radius 2 is 1.93 bits per heavy atom. The van der Waals surface area contributed by atoms with Gasteiger partial charge in [0, 0.05) is 29.9 Å². The zero-order valence-corrected chi connectivity index (χ0v) is 24.2. The molecule has 232 valence electrons. The lowest BCUT2D eigenvalue weighted by Gasteiger charge is -2.31. The van der Waals surface area contributed by atoms with Gasteiger partial charge in [0.25, 0.3) is 5.91 Å². The van der Waals surface area contributed by atoms with Crippen LogP contribution in [0.3, 0.4) is 0 Å². The minimum Gasteiger partial charge on any atom is -0.790 e. The summed E-state index contributed by atoms with van der Waals surface area (Å²) < 4.78 is 52.5. The number of nitrogens with one attached hydrogen (secondary N) is 1. The fraction of sp³-hybridized carbons (Fsp3) is 0.423. The lowest BCUT2D eigenvalue weighted by Crippen LogP contribution is -2.24. The fourth-order valence-electron chi connectivity index (χ4n) is 4.72. The molecule has 13 nitrogen and oxygen atoms in total. The van der Waals surface area contributed by atoms with E-state index in [1.807, 2.05) is 6.92 Å². The molecule has 0 spiro atoms. The molecule has 5 rings (SSSR count). The number of ether oxygens (including phenoxy) is 1. The number of halogens is 2. The van der Waals surface area contributed by atoms with Crippen LogP contribution in [0.2, 0.25) is 0 Å². The lowest BCUT2D eigenvalue weighted by atomic mass is 9.93. The maximum absolute atomic E-state index is 14.7. The number of anilines is 1. The van der Waals surface area contributed by atoms with Gasteiger partial charge in [0.2, 0.25) is 5.95 Å². The Morgan fingerprint density at radius 3 is 2.63 bits per heavy atom. The van der Waals surface area contributed by atoms with Crippen molar-refractivity contribution in [1.29, 1.82) is 0 Å². The van der Waals surface area contributed by atoms with Crippen molar-refractivity contribution in [2.24, 2.45) is 0 Å². The average Bonchev–Trinajstić information content (AvgIpc) is 3.70. The topological polar surface area (TPSA) is 172 Å². The number of thiazole rings is 1. The van der Waals surface area contributed by atoms with E-state index in [1.165, 1.54) is 24.7 Å². The molecule has 1 amide bonds. The Bertz CT molecular complexity index is 1610. The zero-order chi connectivity index (χ0) is 30.0. The van der Waals surface area contributed by atoms with E-state index in [0.29, 0.717) is 17.2 Å². The number of aromatic nitrogens is 6. The molecular formula is C26H30F2N7O6PS-2. The van der Waals surface area contributed by atoms with Crippen molar-refractivity contribution in [3.05, 3.63) is 53.6 Å².